The molecule has 25 heavy (non-hydrogen) atoms. The van der Waals surface area contributed by atoms with E-state index in [0.29, 0.717) is 7.48 Å². The Morgan fingerprint density at radius 3 is 2.52 bits per heavy atom. The van der Waals surface area contributed by atoms with E-state index in [1.54, 1.807) is 0 Å². The quantitative estimate of drug-likeness (QED) is 0.500. The van der Waals surface area contributed by atoms with E-state index in [2.05, 4.69) is 39.7 Å². The number of nitrogens with zero attached hydrogens (tertiary/aromatic N) is 2. The molecule has 0 N–H and O–H groups in total. The van der Waals surface area contributed by atoms with Crippen molar-refractivity contribution in [3.8, 4) is 5.88 Å². The van der Waals surface area contributed by atoms with Gasteiger partial charge in [0.05, 0.1) is 12.2 Å². The van der Waals surface area contributed by atoms with Crippen LogP contribution in [0.5, 0.6) is 5.88 Å². The lowest BCUT2D eigenvalue weighted by Crippen LogP contribution is -2.49. The molecule has 1 aliphatic carbocycles. The molecule has 1 fully saturated rings. The Bertz CT molecular complexity index is 534. The van der Waals surface area contributed by atoms with Gasteiger partial charge in [-0.2, -0.15) is 0 Å². The minimum atomic E-state index is -0.189. The first kappa shape index (κ1) is 20.3. The van der Waals surface area contributed by atoms with Crippen LogP contribution in [0.3, 0.4) is 0 Å². The molecule has 0 atom stereocenters. The van der Waals surface area contributed by atoms with E-state index in [1.165, 1.54) is 32.1 Å². The van der Waals surface area contributed by atoms with Crippen LogP contribution in [0.1, 0.15) is 79.6 Å². The Balaban J connectivity index is 2.01. The Morgan fingerprint density at radius 1 is 1.20 bits per heavy atom. The van der Waals surface area contributed by atoms with Crippen molar-refractivity contribution in [3.05, 3.63) is 6.20 Å². The molecule has 1 aromatic rings. The third kappa shape index (κ3) is 5.03. The van der Waals surface area contributed by atoms with Crippen LogP contribution in [0.2, 0.25) is 0 Å². The topological polar surface area (TPSA) is 36.3 Å². The highest BCUT2D eigenvalue weighted by Gasteiger charge is 2.43. The zero-order chi connectivity index (χ0) is 18.5. The van der Waals surface area contributed by atoms with E-state index in [1.807, 2.05) is 17.9 Å². The van der Waals surface area contributed by atoms with Gasteiger partial charge < -0.3 is 9.39 Å². The summed E-state index contributed by atoms with van der Waals surface area (Å²) in [6.45, 7) is 12.1. The van der Waals surface area contributed by atoms with E-state index >= 15 is 0 Å². The number of rotatable bonds is 9. The Morgan fingerprint density at radius 2 is 1.88 bits per heavy atom. The normalized spacial score (nSPS) is 16.9. The average molecular weight is 348 g/mol. The molecule has 142 valence electrons. The monoisotopic (exact) mass is 348 g/mol. The van der Waals surface area contributed by atoms with Crippen LogP contribution in [0, 0.1) is 11.3 Å². The second kappa shape index (κ2) is 8.61. The number of ether oxygens (including phenoxy) is 1. The van der Waals surface area contributed by atoms with Crippen LogP contribution in [0.25, 0.3) is 0 Å². The van der Waals surface area contributed by atoms with E-state index in [4.69, 9.17) is 9.39 Å². The summed E-state index contributed by atoms with van der Waals surface area (Å²) in [5.74, 6) is 1.47. The number of aromatic nitrogens is 2. The fraction of sp³-hybridized carbons (Fsp3) is 0.850. The van der Waals surface area contributed by atoms with E-state index < -0.39 is 0 Å². The van der Waals surface area contributed by atoms with Crippen molar-refractivity contribution in [2.75, 3.05) is 6.61 Å². The van der Waals surface area contributed by atoms with Gasteiger partial charge in [-0.1, -0.05) is 46.5 Å². The molecule has 1 aliphatic rings. The predicted octanol–water partition coefficient (Wildman–Crippen LogP) is 3.98. The average Bonchev–Trinajstić information content (AvgIpc) is 2.94. The largest absolute Gasteiger partial charge is 0.477 e. The lowest BCUT2D eigenvalue weighted by atomic mass is 9.62. The zero-order valence-corrected chi connectivity index (χ0v) is 17.2. The van der Waals surface area contributed by atoms with Crippen molar-refractivity contribution >= 4 is 12.9 Å². The summed E-state index contributed by atoms with van der Waals surface area (Å²) in [6, 6.07) is 0. The van der Waals surface area contributed by atoms with Crippen molar-refractivity contribution in [1.29, 1.82) is 0 Å². The van der Waals surface area contributed by atoms with Crippen LogP contribution in [0.4, 0.5) is 0 Å². The molecule has 0 radical (unpaired) electrons. The van der Waals surface area contributed by atoms with Crippen LogP contribution >= 0.6 is 0 Å². The molecule has 1 aromatic heterocycles. The van der Waals surface area contributed by atoms with Gasteiger partial charge in [-0.15, -0.1) is 5.10 Å². The summed E-state index contributed by atoms with van der Waals surface area (Å²) in [6.07, 6.45) is 11.0. The molecule has 0 unspecified atom stereocenters. The number of unbranched alkanes of at least 4 members (excludes halogenated alkanes) is 1. The molecule has 0 aromatic carbocycles. The molecular weight excluding hydrogens is 311 g/mol. The first-order valence-electron chi connectivity index (χ1n) is 10.1. The third-order valence-corrected chi connectivity index (χ3v) is 6.37. The standard InChI is InChI=1S/C20H37BN2O2/c1-7-8-14-24-18-17(15-23(6)22-18)21-25-20(4,5)19(2,3)16-12-10-9-11-13-16/h15-16,21H,7-14H2,1-6H3. The molecule has 4 nitrogen and oxygen atoms in total. The molecule has 0 saturated heterocycles. The highest BCUT2D eigenvalue weighted by atomic mass is 16.5. The van der Waals surface area contributed by atoms with Gasteiger partial charge in [0.1, 0.15) is 0 Å². The van der Waals surface area contributed by atoms with E-state index in [0.717, 1.165) is 36.7 Å². The van der Waals surface area contributed by atoms with E-state index in [9.17, 15) is 0 Å². The summed E-state index contributed by atoms with van der Waals surface area (Å²) in [5.41, 5.74) is 1.01. The SMILES string of the molecule is CCCCOc1nn(C)cc1BOC(C)(C)C(C)(C)C1CCCCC1. The molecule has 0 amide bonds. The number of hydrogen-bond acceptors (Lipinski definition) is 3. The molecule has 0 spiro atoms. The summed E-state index contributed by atoms with van der Waals surface area (Å²) in [7, 11) is 2.49. The lowest BCUT2D eigenvalue weighted by Gasteiger charge is -2.48. The minimum absolute atomic E-state index is 0.152. The molecular formula is C20H37BN2O2. The summed E-state index contributed by atoms with van der Waals surface area (Å²) >= 11 is 0. The minimum Gasteiger partial charge on any atom is -0.477 e. The van der Waals surface area contributed by atoms with Gasteiger partial charge >= 0.3 is 7.48 Å². The fourth-order valence-electron chi connectivity index (χ4n) is 3.81. The van der Waals surface area contributed by atoms with Gasteiger partial charge in [-0.05, 0) is 44.4 Å². The molecule has 1 heterocycles. The van der Waals surface area contributed by atoms with Gasteiger partial charge in [-0.3, -0.25) is 4.68 Å². The Labute approximate surface area is 154 Å². The third-order valence-electron chi connectivity index (χ3n) is 6.37. The van der Waals surface area contributed by atoms with Crippen LogP contribution in [-0.2, 0) is 11.7 Å². The predicted molar refractivity (Wildman–Crippen MR) is 106 cm³/mol. The summed E-state index contributed by atoms with van der Waals surface area (Å²) in [4.78, 5) is 0. The van der Waals surface area contributed by atoms with Crippen molar-refractivity contribution in [2.24, 2.45) is 18.4 Å². The second-order valence-electron chi connectivity index (χ2n) is 8.69. The number of hydrogen-bond donors (Lipinski definition) is 0. The molecule has 0 bridgehead atoms. The maximum atomic E-state index is 6.46. The smallest absolute Gasteiger partial charge is 0.316 e. The van der Waals surface area contributed by atoms with Crippen molar-refractivity contribution in [1.82, 2.24) is 9.78 Å². The van der Waals surface area contributed by atoms with Gasteiger partial charge in [0.2, 0.25) is 5.88 Å². The van der Waals surface area contributed by atoms with Crippen LogP contribution in [-0.4, -0.2) is 29.5 Å². The van der Waals surface area contributed by atoms with Gasteiger partial charge in [0.15, 0.2) is 0 Å². The highest BCUT2D eigenvalue weighted by molar-refractivity contribution is 6.48. The van der Waals surface area contributed by atoms with Gasteiger partial charge in [0, 0.05) is 18.7 Å². The Hall–Kier alpha value is -0.965. The maximum Gasteiger partial charge on any atom is 0.316 e. The van der Waals surface area contributed by atoms with Crippen LogP contribution in [0.15, 0.2) is 6.20 Å². The van der Waals surface area contributed by atoms with Crippen molar-refractivity contribution in [2.45, 2.75) is 85.2 Å². The first-order chi connectivity index (χ1) is 11.8. The zero-order valence-electron chi connectivity index (χ0n) is 17.2. The first-order valence-corrected chi connectivity index (χ1v) is 10.1. The summed E-state index contributed by atoms with van der Waals surface area (Å²) in [5, 5.41) is 4.45. The second-order valence-corrected chi connectivity index (χ2v) is 8.69. The van der Waals surface area contributed by atoms with Crippen molar-refractivity contribution < 1.29 is 9.39 Å². The van der Waals surface area contributed by atoms with Gasteiger partial charge in [0.25, 0.3) is 0 Å². The van der Waals surface area contributed by atoms with E-state index in [-0.39, 0.29) is 11.0 Å². The molecule has 0 aliphatic heterocycles. The summed E-state index contributed by atoms with van der Waals surface area (Å²) < 4.78 is 14.1. The molecule has 2 rings (SSSR count). The Kier molecular flexibility index (Phi) is 7.01. The lowest BCUT2D eigenvalue weighted by molar-refractivity contribution is -0.0551. The van der Waals surface area contributed by atoms with Gasteiger partial charge in [-0.25, -0.2) is 0 Å². The molecule has 1 saturated carbocycles. The van der Waals surface area contributed by atoms with Crippen LogP contribution < -0.4 is 10.2 Å². The number of aryl methyl sites for hydroxylation is 1. The highest BCUT2D eigenvalue weighted by Crippen LogP contribution is 2.46. The van der Waals surface area contributed by atoms with Crippen molar-refractivity contribution in [3.63, 3.8) is 0 Å². The fourth-order valence-corrected chi connectivity index (χ4v) is 3.81. The maximum absolute atomic E-state index is 6.46. The molecule has 5 heteroatoms.